The lowest BCUT2D eigenvalue weighted by atomic mass is 10.1. The van der Waals surface area contributed by atoms with Gasteiger partial charge < -0.3 is 4.42 Å². The maximum Gasteiger partial charge on any atom is 0.159 e. The Morgan fingerprint density at radius 3 is 2.38 bits per heavy atom. The van der Waals surface area contributed by atoms with Crippen molar-refractivity contribution in [2.45, 2.75) is 20.8 Å². The quantitative estimate of drug-likeness (QED) is 0.470. The van der Waals surface area contributed by atoms with E-state index in [0.29, 0.717) is 11.3 Å². The third-order valence-corrected chi connectivity index (χ3v) is 4.03. The monoisotopic (exact) mass is 317 g/mol. The lowest BCUT2D eigenvalue weighted by Crippen LogP contribution is -1.90. The summed E-state index contributed by atoms with van der Waals surface area (Å²) in [4.78, 5) is 15.8. The summed E-state index contributed by atoms with van der Waals surface area (Å²) in [6.07, 6.45) is 1.72. The minimum absolute atomic E-state index is 0.0576. The molecule has 3 nitrogen and oxygen atoms in total. The molecular weight excluding hydrogens is 298 g/mol. The number of aryl methyl sites for hydroxylation is 2. The van der Waals surface area contributed by atoms with Gasteiger partial charge in [0.2, 0.25) is 0 Å². The third-order valence-electron chi connectivity index (χ3n) is 4.03. The Hall–Kier alpha value is -2.94. The van der Waals surface area contributed by atoms with Crippen LogP contribution in [0.25, 0.3) is 11.3 Å². The number of aliphatic imine (C=N–C) groups is 1. The molecule has 3 heteroatoms. The number of ketones is 1. The van der Waals surface area contributed by atoms with E-state index in [1.54, 1.807) is 13.1 Å². The van der Waals surface area contributed by atoms with E-state index in [1.165, 1.54) is 11.1 Å². The van der Waals surface area contributed by atoms with E-state index in [2.05, 4.69) is 31.0 Å². The molecule has 0 spiro atoms. The second-order valence-corrected chi connectivity index (χ2v) is 5.86. The van der Waals surface area contributed by atoms with Crippen LogP contribution in [-0.2, 0) is 0 Å². The van der Waals surface area contributed by atoms with Gasteiger partial charge >= 0.3 is 0 Å². The average molecular weight is 317 g/mol. The predicted molar refractivity (Wildman–Crippen MR) is 97.3 cm³/mol. The largest absolute Gasteiger partial charge is 0.455 e. The van der Waals surface area contributed by atoms with Gasteiger partial charge in [0, 0.05) is 11.1 Å². The van der Waals surface area contributed by atoms with Crippen LogP contribution in [0.5, 0.6) is 0 Å². The molecule has 0 radical (unpaired) electrons. The Morgan fingerprint density at radius 1 is 0.958 bits per heavy atom. The van der Waals surface area contributed by atoms with Crippen LogP contribution in [0.1, 0.15) is 34.2 Å². The number of carbonyl (C=O) groups is 1. The number of benzene rings is 2. The number of Topliss-reactive ketones (excluding diaryl/α,β-unsaturated/α-hetero) is 1. The highest BCUT2D eigenvalue weighted by atomic mass is 16.3. The summed E-state index contributed by atoms with van der Waals surface area (Å²) in [5, 5.41) is 0. The Balaban J connectivity index is 1.78. The standard InChI is InChI=1S/C21H19NO2/c1-14-4-9-19(12-15(14)2)22-13-20-10-11-21(24-20)18-7-5-17(6-8-18)16(3)23/h4-13H,1-3H3. The van der Waals surface area contributed by atoms with Gasteiger partial charge in [-0.05, 0) is 56.2 Å². The highest BCUT2D eigenvalue weighted by molar-refractivity contribution is 5.94. The van der Waals surface area contributed by atoms with Gasteiger partial charge in [0.25, 0.3) is 0 Å². The first-order valence-corrected chi connectivity index (χ1v) is 7.85. The summed E-state index contributed by atoms with van der Waals surface area (Å²) < 4.78 is 5.81. The van der Waals surface area contributed by atoms with Crippen LogP contribution in [0.15, 0.2) is 64.0 Å². The summed E-state index contributed by atoms with van der Waals surface area (Å²) in [5.74, 6) is 1.51. The maximum absolute atomic E-state index is 11.3. The molecule has 0 fully saturated rings. The van der Waals surface area contributed by atoms with Crippen LogP contribution >= 0.6 is 0 Å². The van der Waals surface area contributed by atoms with Gasteiger partial charge in [-0.3, -0.25) is 9.79 Å². The first-order chi connectivity index (χ1) is 11.5. The molecule has 0 N–H and O–H groups in total. The van der Waals surface area contributed by atoms with E-state index in [1.807, 2.05) is 42.5 Å². The van der Waals surface area contributed by atoms with Crippen molar-refractivity contribution < 1.29 is 9.21 Å². The van der Waals surface area contributed by atoms with Gasteiger partial charge in [0.1, 0.15) is 11.5 Å². The van der Waals surface area contributed by atoms with E-state index in [9.17, 15) is 4.79 Å². The second kappa shape index (κ2) is 6.67. The summed E-state index contributed by atoms with van der Waals surface area (Å²) in [6.45, 7) is 5.71. The predicted octanol–water partition coefficient (Wildman–Crippen LogP) is 5.52. The van der Waals surface area contributed by atoms with Gasteiger partial charge in [-0.2, -0.15) is 0 Å². The van der Waals surface area contributed by atoms with Crippen LogP contribution in [0.2, 0.25) is 0 Å². The molecule has 0 aliphatic rings. The first kappa shape index (κ1) is 15.9. The minimum Gasteiger partial charge on any atom is -0.455 e. The fourth-order valence-corrected chi connectivity index (χ4v) is 2.39. The van der Waals surface area contributed by atoms with Gasteiger partial charge in [0.15, 0.2) is 5.78 Å². The summed E-state index contributed by atoms with van der Waals surface area (Å²) in [6, 6.07) is 17.3. The lowest BCUT2D eigenvalue weighted by Gasteiger charge is -2.00. The molecule has 0 aliphatic heterocycles. The minimum atomic E-state index is 0.0576. The van der Waals surface area contributed by atoms with Crippen LogP contribution in [0.3, 0.4) is 0 Å². The zero-order valence-corrected chi connectivity index (χ0v) is 14.0. The molecule has 1 aromatic heterocycles. The van der Waals surface area contributed by atoms with Crippen molar-refractivity contribution in [3.05, 3.63) is 77.0 Å². The third kappa shape index (κ3) is 3.51. The number of carbonyl (C=O) groups excluding carboxylic acids is 1. The summed E-state index contributed by atoms with van der Waals surface area (Å²) >= 11 is 0. The Kier molecular flexibility index (Phi) is 4.43. The van der Waals surface area contributed by atoms with Gasteiger partial charge in [-0.25, -0.2) is 0 Å². The SMILES string of the molecule is CC(=O)c1ccc(-c2ccc(C=Nc3ccc(C)c(C)c3)o2)cc1. The summed E-state index contributed by atoms with van der Waals surface area (Å²) in [7, 11) is 0. The molecule has 0 atom stereocenters. The van der Waals surface area contributed by atoms with Crippen LogP contribution in [-0.4, -0.2) is 12.0 Å². The van der Waals surface area contributed by atoms with Crippen LogP contribution in [0.4, 0.5) is 5.69 Å². The van der Waals surface area contributed by atoms with Gasteiger partial charge in [0.05, 0.1) is 11.9 Å². The van der Waals surface area contributed by atoms with E-state index in [-0.39, 0.29) is 5.78 Å². The maximum atomic E-state index is 11.3. The summed E-state index contributed by atoms with van der Waals surface area (Å²) in [5.41, 5.74) is 5.01. The molecule has 3 aromatic rings. The smallest absolute Gasteiger partial charge is 0.159 e. The average Bonchev–Trinajstić information content (AvgIpc) is 3.05. The van der Waals surface area contributed by atoms with E-state index >= 15 is 0 Å². The Labute approximate surface area is 141 Å². The Bertz CT molecular complexity index is 902. The Morgan fingerprint density at radius 2 is 1.71 bits per heavy atom. The van der Waals surface area contributed by atoms with E-state index in [4.69, 9.17) is 4.42 Å². The fraction of sp³-hybridized carbons (Fsp3) is 0.143. The van der Waals surface area contributed by atoms with Crippen molar-refractivity contribution in [3.8, 4) is 11.3 Å². The van der Waals surface area contributed by atoms with Crippen LogP contribution < -0.4 is 0 Å². The van der Waals surface area contributed by atoms with Gasteiger partial charge in [-0.1, -0.05) is 30.3 Å². The molecule has 120 valence electrons. The number of hydrogen-bond donors (Lipinski definition) is 0. The van der Waals surface area contributed by atoms with E-state index < -0.39 is 0 Å². The molecule has 1 heterocycles. The first-order valence-electron chi connectivity index (χ1n) is 7.85. The molecule has 24 heavy (non-hydrogen) atoms. The molecule has 3 rings (SSSR count). The topological polar surface area (TPSA) is 42.6 Å². The zero-order chi connectivity index (χ0) is 17.1. The molecule has 0 unspecified atom stereocenters. The second-order valence-electron chi connectivity index (χ2n) is 5.86. The van der Waals surface area contributed by atoms with Gasteiger partial charge in [-0.15, -0.1) is 0 Å². The van der Waals surface area contributed by atoms with Crippen molar-refractivity contribution in [2.24, 2.45) is 4.99 Å². The molecule has 0 saturated carbocycles. The normalized spacial score (nSPS) is 11.1. The number of hydrogen-bond acceptors (Lipinski definition) is 3. The van der Waals surface area contributed by atoms with Crippen molar-refractivity contribution in [1.29, 1.82) is 0 Å². The molecule has 0 bridgehead atoms. The van der Waals surface area contributed by atoms with Crippen molar-refractivity contribution in [2.75, 3.05) is 0 Å². The zero-order valence-electron chi connectivity index (χ0n) is 14.0. The van der Waals surface area contributed by atoms with Crippen molar-refractivity contribution >= 4 is 17.7 Å². The van der Waals surface area contributed by atoms with Crippen LogP contribution in [0, 0.1) is 13.8 Å². The van der Waals surface area contributed by atoms with Crippen molar-refractivity contribution in [3.63, 3.8) is 0 Å². The number of nitrogens with zero attached hydrogens (tertiary/aromatic N) is 1. The molecular formula is C21H19NO2. The number of furan rings is 1. The highest BCUT2D eigenvalue weighted by Crippen LogP contribution is 2.23. The highest BCUT2D eigenvalue weighted by Gasteiger charge is 2.05. The molecule has 0 amide bonds. The molecule has 0 aliphatic carbocycles. The fourth-order valence-electron chi connectivity index (χ4n) is 2.39. The van der Waals surface area contributed by atoms with E-state index in [0.717, 1.165) is 17.0 Å². The lowest BCUT2D eigenvalue weighted by molar-refractivity contribution is 0.101. The molecule has 2 aromatic carbocycles. The number of rotatable bonds is 4. The molecule has 0 saturated heterocycles. The van der Waals surface area contributed by atoms with Crippen molar-refractivity contribution in [1.82, 2.24) is 0 Å².